The standard InChI is InChI=1S/C17H27N3O.HI/c1-17(2,3)21-15-8-6-5-7-14(15)12-20-16(18-4)19-11-13-9-10-13;/h5-8,13H,9-12H2,1-4H3,(H2,18,19,20);1H. The van der Waals surface area contributed by atoms with Gasteiger partial charge < -0.3 is 15.4 Å². The lowest BCUT2D eigenvalue weighted by Crippen LogP contribution is -2.38. The zero-order chi connectivity index (χ0) is 15.3. The predicted octanol–water partition coefficient (Wildman–Crippen LogP) is 3.56. The van der Waals surface area contributed by atoms with Gasteiger partial charge in [-0.15, -0.1) is 24.0 Å². The summed E-state index contributed by atoms with van der Waals surface area (Å²) in [5.74, 6) is 2.61. The van der Waals surface area contributed by atoms with Crippen molar-refractivity contribution in [2.45, 2.75) is 45.8 Å². The molecule has 124 valence electrons. The second kappa shape index (κ2) is 8.60. The van der Waals surface area contributed by atoms with E-state index in [1.807, 2.05) is 18.2 Å². The van der Waals surface area contributed by atoms with Gasteiger partial charge in [-0.3, -0.25) is 4.99 Å². The second-order valence-corrected chi connectivity index (χ2v) is 6.57. The Kier molecular flexibility index (Phi) is 7.45. The van der Waals surface area contributed by atoms with Crippen LogP contribution in [0.2, 0.25) is 0 Å². The van der Waals surface area contributed by atoms with Gasteiger partial charge in [0.2, 0.25) is 0 Å². The first kappa shape index (κ1) is 19.1. The Hall–Kier alpha value is -0.980. The first-order valence-corrected chi connectivity index (χ1v) is 7.69. The van der Waals surface area contributed by atoms with E-state index in [4.69, 9.17) is 4.74 Å². The van der Waals surface area contributed by atoms with E-state index in [-0.39, 0.29) is 29.6 Å². The molecule has 0 spiro atoms. The number of hydrogen-bond donors (Lipinski definition) is 2. The number of hydrogen-bond acceptors (Lipinski definition) is 2. The molecule has 1 aromatic rings. The monoisotopic (exact) mass is 417 g/mol. The molecule has 0 bridgehead atoms. The Labute approximate surface area is 151 Å². The maximum atomic E-state index is 6.01. The van der Waals surface area contributed by atoms with E-state index < -0.39 is 0 Å². The summed E-state index contributed by atoms with van der Waals surface area (Å²) in [6, 6.07) is 8.14. The molecule has 1 aromatic carbocycles. The fourth-order valence-electron chi connectivity index (χ4n) is 2.04. The molecule has 2 N–H and O–H groups in total. The zero-order valence-corrected chi connectivity index (χ0v) is 16.3. The molecule has 1 saturated carbocycles. The lowest BCUT2D eigenvalue weighted by atomic mass is 10.1. The summed E-state index contributed by atoms with van der Waals surface area (Å²) in [5.41, 5.74) is 0.948. The van der Waals surface area contributed by atoms with Crippen LogP contribution in [0, 0.1) is 5.92 Å². The van der Waals surface area contributed by atoms with E-state index in [1.54, 1.807) is 7.05 Å². The fourth-order valence-corrected chi connectivity index (χ4v) is 2.04. The molecule has 0 radical (unpaired) electrons. The fraction of sp³-hybridized carbons (Fsp3) is 0.588. The molecule has 0 aromatic heterocycles. The van der Waals surface area contributed by atoms with Gasteiger partial charge in [0.05, 0.1) is 0 Å². The van der Waals surface area contributed by atoms with Crippen LogP contribution < -0.4 is 15.4 Å². The molecule has 2 rings (SSSR count). The number of para-hydroxylation sites is 1. The third-order valence-corrected chi connectivity index (χ3v) is 3.31. The Bertz CT molecular complexity index is 493. The van der Waals surface area contributed by atoms with Gasteiger partial charge in [0.1, 0.15) is 11.4 Å². The smallest absolute Gasteiger partial charge is 0.191 e. The molecule has 0 atom stereocenters. The average molecular weight is 417 g/mol. The quantitative estimate of drug-likeness (QED) is 0.438. The minimum Gasteiger partial charge on any atom is -0.488 e. The largest absolute Gasteiger partial charge is 0.488 e. The number of aliphatic imine (C=N–C) groups is 1. The summed E-state index contributed by atoms with van der Waals surface area (Å²) >= 11 is 0. The highest BCUT2D eigenvalue weighted by Gasteiger charge is 2.21. The molecule has 5 heteroatoms. The highest BCUT2D eigenvalue weighted by atomic mass is 127. The maximum Gasteiger partial charge on any atom is 0.191 e. The summed E-state index contributed by atoms with van der Waals surface area (Å²) in [6.45, 7) is 7.91. The third kappa shape index (κ3) is 6.85. The van der Waals surface area contributed by atoms with Crippen LogP contribution in [0.5, 0.6) is 5.75 Å². The Morgan fingerprint density at radius 2 is 1.91 bits per heavy atom. The van der Waals surface area contributed by atoms with Crippen molar-refractivity contribution in [3.63, 3.8) is 0 Å². The Balaban J connectivity index is 0.00000242. The summed E-state index contributed by atoms with van der Waals surface area (Å²) in [4.78, 5) is 4.26. The van der Waals surface area contributed by atoms with Gasteiger partial charge in [-0.05, 0) is 45.6 Å². The van der Waals surface area contributed by atoms with Gasteiger partial charge in [0.25, 0.3) is 0 Å². The van der Waals surface area contributed by atoms with Gasteiger partial charge in [-0.25, -0.2) is 0 Å². The van der Waals surface area contributed by atoms with Crippen LogP contribution in [0.25, 0.3) is 0 Å². The van der Waals surface area contributed by atoms with Gasteiger partial charge >= 0.3 is 0 Å². The highest BCUT2D eigenvalue weighted by molar-refractivity contribution is 14.0. The number of nitrogens with one attached hydrogen (secondary N) is 2. The van der Waals surface area contributed by atoms with E-state index >= 15 is 0 Å². The number of nitrogens with zero attached hydrogens (tertiary/aromatic N) is 1. The van der Waals surface area contributed by atoms with Gasteiger partial charge in [0.15, 0.2) is 5.96 Å². The molecule has 0 saturated heterocycles. The normalized spacial score (nSPS) is 15.0. The van der Waals surface area contributed by atoms with E-state index in [1.165, 1.54) is 12.8 Å². The molecule has 1 fully saturated rings. The van der Waals surface area contributed by atoms with Crippen LogP contribution in [0.3, 0.4) is 0 Å². The molecule has 4 nitrogen and oxygen atoms in total. The minimum atomic E-state index is -0.192. The molecule has 0 heterocycles. The maximum absolute atomic E-state index is 6.01. The number of rotatable bonds is 5. The summed E-state index contributed by atoms with van der Waals surface area (Å²) < 4.78 is 6.01. The molecular weight excluding hydrogens is 389 g/mol. The van der Waals surface area contributed by atoms with Crippen LogP contribution in [0.4, 0.5) is 0 Å². The van der Waals surface area contributed by atoms with Crippen LogP contribution in [-0.2, 0) is 6.54 Å². The summed E-state index contributed by atoms with van der Waals surface area (Å²) in [7, 11) is 1.81. The number of halogens is 1. The Morgan fingerprint density at radius 1 is 1.23 bits per heavy atom. The van der Waals surface area contributed by atoms with Crippen molar-refractivity contribution in [3.8, 4) is 5.75 Å². The van der Waals surface area contributed by atoms with E-state index in [0.29, 0.717) is 6.54 Å². The van der Waals surface area contributed by atoms with E-state index in [2.05, 4.69) is 42.5 Å². The number of ether oxygens (including phenoxy) is 1. The van der Waals surface area contributed by atoms with Crippen LogP contribution in [-0.4, -0.2) is 25.2 Å². The van der Waals surface area contributed by atoms with E-state index in [9.17, 15) is 0 Å². The van der Waals surface area contributed by atoms with Crippen molar-refractivity contribution in [1.29, 1.82) is 0 Å². The van der Waals surface area contributed by atoms with Crippen molar-refractivity contribution in [2.75, 3.05) is 13.6 Å². The molecule has 22 heavy (non-hydrogen) atoms. The highest BCUT2D eigenvalue weighted by Crippen LogP contribution is 2.27. The number of guanidine groups is 1. The van der Waals surface area contributed by atoms with Gasteiger partial charge in [-0.2, -0.15) is 0 Å². The second-order valence-electron chi connectivity index (χ2n) is 6.57. The van der Waals surface area contributed by atoms with Crippen molar-refractivity contribution in [2.24, 2.45) is 10.9 Å². The average Bonchev–Trinajstić information content (AvgIpc) is 3.23. The zero-order valence-electron chi connectivity index (χ0n) is 14.0. The molecule has 1 aliphatic rings. The van der Waals surface area contributed by atoms with Crippen molar-refractivity contribution in [1.82, 2.24) is 10.6 Å². The topological polar surface area (TPSA) is 45.7 Å². The van der Waals surface area contributed by atoms with Crippen molar-refractivity contribution >= 4 is 29.9 Å². The van der Waals surface area contributed by atoms with Gasteiger partial charge in [0, 0.05) is 25.7 Å². The first-order chi connectivity index (χ1) is 9.98. The van der Waals surface area contributed by atoms with Crippen molar-refractivity contribution < 1.29 is 4.74 Å². The molecule has 0 unspecified atom stereocenters. The van der Waals surface area contributed by atoms with E-state index in [0.717, 1.165) is 29.7 Å². The molecule has 0 amide bonds. The Morgan fingerprint density at radius 3 is 2.50 bits per heavy atom. The minimum absolute atomic E-state index is 0. The summed E-state index contributed by atoms with van der Waals surface area (Å²) in [6.07, 6.45) is 2.68. The van der Waals surface area contributed by atoms with Crippen LogP contribution >= 0.6 is 24.0 Å². The van der Waals surface area contributed by atoms with Gasteiger partial charge in [-0.1, -0.05) is 18.2 Å². The SMILES string of the molecule is CN=C(NCc1ccccc1OC(C)(C)C)NCC1CC1.I. The number of benzene rings is 1. The lowest BCUT2D eigenvalue weighted by Gasteiger charge is -2.23. The van der Waals surface area contributed by atoms with Crippen LogP contribution in [0.1, 0.15) is 39.2 Å². The van der Waals surface area contributed by atoms with Crippen molar-refractivity contribution in [3.05, 3.63) is 29.8 Å². The summed E-state index contributed by atoms with van der Waals surface area (Å²) in [5, 5.41) is 6.72. The molecule has 0 aliphatic heterocycles. The lowest BCUT2D eigenvalue weighted by molar-refractivity contribution is 0.129. The van der Waals surface area contributed by atoms with Crippen LogP contribution in [0.15, 0.2) is 29.3 Å². The molecular formula is C17H28IN3O. The third-order valence-electron chi connectivity index (χ3n) is 3.31. The predicted molar refractivity (Wildman–Crippen MR) is 103 cm³/mol. The first-order valence-electron chi connectivity index (χ1n) is 7.69. The molecule has 1 aliphatic carbocycles.